The highest BCUT2D eigenvalue weighted by atomic mass is 16.5. The molecule has 0 bridgehead atoms. The predicted octanol–water partition coefficient (Wildman–Crippen LogP) is 7.37. The Morgan fingerprint density at radius 3 is 1.64 bits per heavy atom. The van der Waals surface area contributed by atoms with Crippen molar-refractivity contribution in [3.63, 3.8) is 0 Å². The standard InChI is InChI=1S/C20H17N3O3.C19H17N3O2/c1-13-18(20(24)25-2)22-19(26-13)15-9-7-14(8-10-15)11-23-12-21-16-5-3-4-6-17(16)23;1-13-17(11-23)21-19(24-13)15-8-6-14(7-9-15)10-22-12-20-16-4-2-3-5-18(16)22/h3-10,12H,11H2,1-2H3;2-9,12,23H,10-11H2,1H3. The third kappa shape index (κ3) is 6.67. The molecular formula is C39H34N6O5. The van der Waals surface area contributed by atoms with Gasteiger partial charge in [0.1, 0.15) is 17.2 Å². The Bertz CT molecular complexity index is 2400. The number of aromatic nitrogens is 6. The van der Waals surface area contributed by atoms with E-state index < -0.39 is 5.97 Å². The van der Waals surface area contributed by atoms with Gasteiger partial charge in [-0.1, -0.05) is 48.5 Å². The molecule has 0 unspecified atom stereocenters. The quantitative estimate of drug-likeness (QED) is 0.165. The number of hydrogen-bond acceptors (Lipinski definition) is 9. The summed E-state index contributed by atoms with van der Waals surface area (Å²) in [6.07, 6.45) is 3.71. The highest BCUT2D eigenvalue weighted by molar-refractivity contribution is 5.88. The molecule has 0 saturated heterocycles. The van der Waals surface area contributed by atoms with Crippen molar-refractivity contribution >= 4 is 28.0 Å². The van der Waals surface area contributed by atoms with Gasteiger partial charge in [0.2, 0.25) is 11.8 Å². The zero-order valence-corrected chi connectivity index (χ0v) is 27.8. The average molecular weight is 667 g/mol. The Morgan fingerprint density at radius 2 is 1.16 bits per heavy atom. The molecule has 1 N–H and O–H groups in total. The van der Waals surface area contributed by atoms with Gasteiger partial charge in [0.25, 0.3) is 0 Å². The van der Waals surface area contributed by atoms with E-state index in [2.05, 4.69) is 53.3 Å². The van der Waals surface area contributed by atoms with Crippen LogP contribution in [0, 0.1) is 13.8 Å². The van der Waals surface area contributed by atoms with Crippen LogP contribution in [0.25, 0.3) is 45.0 Å². The van der Waals surface area contributed by atoms with Crippen LogP contribution in [0.2, 0.25) is 0 Å². The van der Waals surface area contributed by atoms with Crippen molar-refractivity contribution in [2.75, 3.05) is 7.11 Å². The van der Waals surface area contributed by atoms with E-state index in [1.807, 2.05) is 85.5 Å². The molecule has 4 aromatic carbocycles. The molecule has 0 saturated carbocycles. The smallest absolute Gasteiger partial charge is 0.360 e. The molecule has 0 amide bonds. The lowest BCUT2D eigenvalue weighted by Gasteiger charge is -2.05. The van der Waals surface area contributed by atoms with E-state index in [-0.39, 0.29) is 12.3 Å². The first-order valence-electron chi connectivity index (χ1n) is 16.0. The van der Waals surface area contributed by atoms with E-state index >= 15 is 0 Å². The highest BCUT2D eigenvalue weighted by Gasteiger charge is 2.18. The summed E-state index contributed by atoms with van der Waals surface area (Å²) in [5.41, 5.74) is 9.01. The summed E-state index contributed by atoms with van der Waals surface area (Å²) in [6, 6.07) is 32.1. The van der Waals surface area contributed by atoms with Crippen molar-refractivity contribution in [2.45, 2.75) is 33.5 Å². The van der Waals surface area contributed by atoms with Gasteiger partial charge in [0, 0.05) is 24.2 Å². The number of carbonyl (C=O) groups is 1. The maximum atomic E-state index is 11.7. The Morgan fingerprint density at radius 1 is 0.680 bits per heavy atom. The SMILES string of the molecule is COC(=O)c1nc(-c2ccc(Cn3cnc4ccccc43)cc2)oc1C.Cc1oc(-c2ccc(Cn3cnc4ccccc43)cc2)nc1CO. The molecule has 0 radical (unpaired) electrons. The van der Waals surface area contributed by atoms with Gasteiger partial charge in [-0.05, 0) is 73.5 Å². The van der Waals surface area contributed by atoms with Crippen molar-refractivity contribution in [2.24, 2.45) is 0 Å². The van der Waals surface area contributed by atoms with Crippen LogP contribution < -0.4 is 0 Å². The summed E-state index contributed by atoms with van der Waals surface area (Å²) in [5.74, 6) is 1.54. The van der Waals surface area contributed by atoms with Crippen LogP contribution in [0.5, 0.6) is 0 Å². The number of ether oxygens (including phenoxy) is 1. The zero-order chi connectivity index (χ0) is 34.6. The summed E-state index contributed by atoms with van der Waals surface area (Å²) in [6.45, 7) is 4.87. The number of aryl methyl sites for hydroxylation is 2. The summed E-state index contributed by atoms with van der Waals surface area (Å²) in [5, 5.41) is 9.22. The number of oxazole rings is 2. The minimum absolute atomic E-state index is 0.110. The number of carbonyl (C=O) groups excluding carboxylic acids is 1. The van der Waals surface area contributed by atoms with Crippen LogP contribution in [-0.2, 0) is 24.4 Å². The van der Waals surface area contributed by atoms with E-state index in [1.165, 1.54) is 12.7 Å². The van der Waals surface area contributed by atoms with Crippen molar-refractivity contribution < 1.29 is 23.5 Å². The number of aliphatic hydroxyl groups is 1. The van der Waals surface area contributed by atoms with Gasteiger partial charge < -0.3 is 27.8 Å². The number of methoxy groups -OCH3 is 1. The summed E-state index contributed by atoms with van der Waals surface area (Å²) >= 11 is 0. The number of esters is 1. The Hall–Kier alpha value is -6.33. The lowest BCUT2D eigenvalue weighted by molar-refractivity contribution is 0.0593. The minimum atomic E-state index is -0.499. The average Bonchev–Trinajstić information content (AvgIpc) is 3.95. The maximum absolute atomic E-state index is 11.7. The van der Waals surface area contributed by atoms with Gasteiger partial charge in [-0.2, -0.15) is 0 Å². The molecule has 8 aromatic rings. The van der Waals surface area contributed by atoms with Crippen molar-refractivity contribution in [3.8, 4) is 22.9 Å². The summed E-state index contributed by atoms with van der Waals surface area (Å²) in [7, 11) is 1.32. The van der Waals surface area contributed by atoms with Crippen LogP contribution in [-0.4, -0.2) is 47.3 Å². The van der Waals surface area contributed by atoms with E-state index in [0.29, 0.717) is 29.0 Å². The second kappa shape index (κ2) is 14.0. The fourth-order valence-electron chi connectivity index (χ4n) is 5.68. The Balaban J connectivity index is 0.000000157. The third-order valence-electron chi connectivity index (χ3n) is 8.38. The third-order valence-corrected chi connectivity index (χ3v) is 8.38. The minimum Gasteiger partial charge on any atom is -0.464 e. The molecule has 0 aliphatic rings. The first-order chi connectivity index (χ1) is 24.4. The largest absolute Gasteiger partial charge is 0.464 e. The molecular weight excluding hydrogens is 632 g/mol. The van der Waals surface area contributed by atoms with Crippen LogP contribution in [0.15, 0.2) is 119 Å². The molecule has 0 aliphatic carbocycles. The molecule has 8 rings (SSSR count). The molecule has 50 heavy (non-hydrogen) atoms. The molecule has 0 fully saturated rings. The van der Waals surface area contributed by atoms with Gasteiger partial charge in [-0.3, -0.25) is 0 Å². The first-order valence-corrected chi connectivity index (χ1v) is 16.0. The Kier molecular flexibility index (Phi) is 9.04. The second-order valence-electron chi connectivity index (χ2n) is 11.7. The number of hydrogen-bond donors (Lipinski definition) is 1. The van der Waals surface area contributed by atoms with Crippen LogP contribution in [0.3, 0.4) is 0 Å². The molecule has 0 spiro atoms. The first kappa shape index (κ1) is 32.2. The lowest BCUT2D eigenvalue weighted by atomic mass is 10.1. The van der Waals surface area contributed by atoms with E-state index in [1.54, 1.807) is 13.8 Å². The molecule has 11 nitrogen and oxygen atoms in total. The summed E-state index contributed by atoms with van der Waals surface area (Å²) < 4.78 is 20.2. The van der Waals surface area contributed by atoms with Crippen LogP contribution in [0.4, 0.5) is 0 Å². The predicted molar refractivity (Wildman–Crippen MR) is 188 cm³/mol. The number of nitrogens with zero attached hydrogens (tertiary/aromatic N) is 6. The van der Waals surface area contributed by atoms with Gasteiger partial charge in [-0.25, -0.2) is 24.7 Å². The molecule has 4 heterocycles. The molecule has 250 valence electrons. The number of rotatable bonds is 8. The number of para-hydroxylation sites is 4. The normalized spacial score (nSPS) is 11.1. The van der Waals surface area contributed by atoms with Gasteiger partial charge in [0.15, 0.2) is 5.69 Å². The number of benzene rings is 4. The summed E-state index contributed by atoms with van der Waals surface area (Å²) in [4.78, 5) is 29.0. The number of fused-ring (bicyclic) bond motifs is 2. The molecule has 4 aromatic heterocycles. The topological polar surface area (TPSA) is 134 Å². The molecule has 0 atom stereocenters. The molecule has 11 heteroatoms. The fraction of sp³-hybridized carbons (Fsp3) is 0.154. The Labute approximate surface area is 287 Å². The monoisotopic (exact) mass is 666 g/mol. The lowest BCUT2D eigenvalue weighted by Crippen LogP contribution is -2.03. The van der Waals surface area contributed by atoms with Gasteiger partial charge in [-0.15, -0.1) is 0 Å². The maximum Gasteiger partial charge on any atom is 0.360 e. The number of imidazole rings is 2. The van der Waals surface area contributed by atoms with Gasteiger partial charge in [0.05, 0.1) is 48.4 Å². The van der Waals surface area contributed by atoms with E-state index in [9.17, 15) is 9.90 Å². The van der Waals surface area contributed by atoms with Gasteiger partial charge >= 0.3 is 5.97 Å². The van der Waals surface area contributed by atoms with E-state index in [4.69, 9.17) is 13.6 Å². The number of aliphatic hydroxyl groups excluding tert-OH is 1. The highest BCUT2D eigenvalue weighted by Crippen LogP contribution is 2.25. The fourth-order valence-corrected chi connectivity index (χ4v) is 5.68. The van der Waals surface area contributed by atoms with Crippen molar-refractivity contribution in [1.82, 2.24) is 29.1 Å². The van der Waals surface area contributed by atoms with Crippen LogP contribution in [0.1, 0.15) is 38.8 Å². The van der Waals surface area contributed by atoms with Crippen molar-refractivity contribution in [3.05, 3.63) is 144 Å². The second-order valence-corrected chi connectivity index (χ2v) is 11.7. The van der Waals surface area contributed by atoms with E-state index in [0.717, 1.165) is 51.8 Å². The van der Waals surface area contributed by atoms with Crippen molar-refractivity contribution in [1.29, 1.82) is 0 Å². The molecule has 0 aliphatic heterocycles. The van der Waals surface area contributed by atoms with Crippen LogP contribution >= 0.6 is 0 Å². The zero-order valence-electron chi connectivity index (χ0n) is 27.8.